The minimum atomic E-state index is -0.366. The molecule has 150 valence electrons. The van der Waals surface area contributed by atoms with Gasteiger partial charge in [-0.25, -0.2) is 0 Å². The zero-order chi connectivity index (χ0) is 19.8. The molecule has 2 saturated heterocycles. The van der Waals surface area contributed by atoms with Crippen LogP contribution in [0.5, 0.6) is 11.5 Å². The fourth-order valence-corrected chi connectivity index (χ4v) is 3.88. The number of aromatic nitrogens is 2. The zero-order valence-electron chi connectivity index (χ0n) is 15.8. The summed E-state index contributed by atoms with van der Waals surface area (Å²) in [5.74, 6) is 2.21. The summed E-state index contributed by atoms with van der Waals surface area (Å²) >= 11 is 0. The molecule has 0 bridgehead atoms. The number of fused-ring (bicyclic) bond motifs is 1. The van der Waals surface area contributed by atoms with Crippen molar-refractivity contribution in [3.05, 3.63) is 30.3 Å². The van der Waals surface area contributed by atoms with E-state index in [9.17, 15) is 9.59 Å². The molecule has 2 fully saturated rings. The highest BCUT2D eigenvalue weighted by Gasteiger charge is 2.32. The Morgan fingerprint density at radius 2 is 1.86 bits per heavy atom. The summed E-state index contributed by atoms with van der Waals surface area (Å²) in [6, 6.07) is 9.22. The lowest BCUT2D eigenvalue weighted by Crippen LogP contribution is -2.53. The Bertz CT molecular complexity index is 940. The lowest BCUT2D eigenvalue weighted by molar-refractivity contribution is -0.134. The fraction of sp³-hybridized carbons (Fsp3) is 0.400. The number of piperazine rings is 1. The summed E-state index contributed by atoms with van der Waals surface area (Å²) in [7, 11) is 0. The van der Waals surface area contributed by atoms with Gasteiger partial charge in [0.05, 0.1) is 5.69 Å². The predicted molar refractivity (Wildman–Crippen MR) is 104 cm³/mol. The molecule has 1 aromatic carbocycles. The Morgan fingerprint density at radius 1 is 1.03 bits per heavy atom. The van der Waals surface area contributed by atoms with E-state index in [4.69, 9.17) is 9.47 Å². The SMILES string of the molecule is O=C1CC[C@H](C(=O)N2CCN(c3ccc(-c4ccc5c(c4)OCO5)nn3)CC2)N1. The Kier molecular flexibility index (Phi) is 4.42. The van der Waals surface area contributed by atoms with Gasteiger partial charge in [0, 0.05) is 38.2 Å². The summed E-state index contributed by atoms with van der Waals surface area (Å²) in [6.45, 7) is 2.83. The molecular weight excluding hydrogens is 374 g/mol. The van der Waals surface area contributed by atoms with Gasteiger partial charge in [0.25, 0.3) is 0 Å². The molecule has 0 unspecified atom stereocenters. The van der Waals surface area contributed by atoms with Crippen LogP contribution in [0.25, 0.3) is 11.3 Å². The molecule has 1 N–H and O–H groups in total. The Balaban J connectivity index is 1.21. The van der Waals surface area contributed by atoms with Crippen LogP contribution in [-0.2, 0) is 9.59 Å². The highest BCUT2D eigenvalue weighted by Crippen LogP contribution is 2.35. The number of nitrogens with one attached hydrogen (secondary N) is 1. The van der Waals surface area contributed by atoms with Gasteiger partial charge in [-0.3, -0.25) is 9.59 Å². The third kappa shape index (κ3) is 3.43. The van der Waals surface area contributed by atoms with Crippen LogP contribution in [0.1, 0.15) is 12.8 Å². The number of benzene rings is 1. The second-order valence-corrected chi connectivity index (χ2v) is 7.32. The first kappa shape index (κ1) is 17.7. The van der Waals surface area contributed by atoms with E-state index in [0.717, 1.165) is 22.8 Å². The predicted octanol–water partition coefficient (Wildman–Crippen LogP) is 0.799. The summed E-state index contributed by atoms with van der Waals surface area (Å²) < 4.78 is 10.8. The molecule has 3 aliphatic heterocycles. The van der Waals surface area contributed by atoms with Gasteiger partial charge in [0.1, 0.15) is 6.04 Å². The number of carbonyl (C=O) groups excluding carboxylic acids is 2. The normalized spacial score (nSPS) is 20.7. The minimum absolute atomic E-state index is 0.0136. The molecule has 9 heteroatoms. The van der Waals surface area contributed by atoms with Gasteiger partial charge in [0.15, 0.2) is 17.3 Å². The van der Waals surface area contributed by atoms with E-state index in [1.54, 1.807) is 0 Å². The number of hydrogen-bond acceptors (Lipinski definition) is 7. The van der Waals surface area contributed by atoms with Crippen LogP contribution in [0, 0.1) is 0 Å². The van der Waals surface area contributed by atoms with Crippen LogP contribution >= 0.6 is 0 Å². The molecule has 2 amide bonds. The monoisotopic (exact) mass is 395 g/mol. The maximum absolute atomic E-state index is 12.5. The molecule has 0 spiro atoms. The maximum Gasteiger partial charge on any atom is 0.245 e. The maximum atomic E-state index is 12.5. The number of amides is 2. The molecule has 4 heterocycles. The number of carbonyl (C=O) groups is 2. The third-order valence-electron chi connectivity index (χ3n) is 5.53. The van der Waals surface area contributed by atoms with Crippen molar-refractivity contribution in [3.8, 4) is 22.8 Å². The van der Waals surface area contributed by atoms with E-state index in [-0.39, 0.29) is 24.6 Å². The zero-order valence-corrected chi connectivity index (χ0v) is 15.8. The van der Waals surface area contributed by atoms with E-state index < -0.39 is 0 Å². The van der Waals surface area contributed by atoms with Crippen molar-refractivity contribution in [2.75, 3.05) is 37.9 Å². The lowest BCUT2D eigenvalue weighted by Gasteiger charge is -2.36. The van der Waals surface area contributed by atoms with Crippen LogP contribution in [0.3, 0.4) is 0 Å². The molecule has 0 radical (unpaired) electrons. The molecule has 1 atom stereocenters. The van der Waals surface area contributed by atoms with Crippen LogP contribution in [0.4, 0.5) is 5.82 Å². The fourth-order valence-electron chi connectivity index (χ4n) is 3.88. The standard InChI is InChI=1S/C20H21N5O4/c26-19-6-3-15(21-19)20(27)25-9-7-24(8-10-25)18-5-2-14(22-23-18)13-1-4-16-17(11-13)29-12-28-16/h1-2,4-5,11,15H,3,6-10,12H2,(H,21,26)/t15-/m1/s1. The van der Waals surface area contributed by atoms with Crippen LogP contribution in [-0.4, -0.2) is 65.9 Å². The van der Waals surface area contributed by atoms with Crippen molar-refractivity contribution < 1.29 is 19.1 Å². The first-order valence-corrected chi connectivity index (χ1v) is 9.74. The molecule has 0 saturated carbocycles. The van der Waals surface area contributed by atoms with E-state index >= 15 is 0 Å². The summed E-state index contributed by atoms with van der Waals surface area (Å²) in [5.41, 5.74) is 1.68. The van der Waals surface area contributed by atoms with E-state index in [1.165, 1.54) is 0 Å². The number of hydrogen-bond donors (Lipinski definition) is 1. The molecule has 29 heavy (non-hydrogen) atoms. The molecule has 3 aliphatic rings. The summed E-state index contributed by atoms with van der Waals surface area (Å²) in [5, 5.41) is 11.5. The first-order valence-electron chi connectivity index (χ1n) is 9.74. The molecule has 1 aromatic heterocycles. The van der Waals surface area contributed by atoms with E-state index in [2.05, 4.69) is 20.4 Å². The van der Waals surface area contributed by atoms with E-state index in [1.807, 2.05) is 35.2 Å². The number of nitrogens with zero attached hydrogens (tertiary/aromatic N) is 4. The van der Waals surface area contributed by atoms with Crippen molar-refractivity contribution in [1.82, 2.24) is 20.4 Å². The van der Waals surface area contributed by atoms with Crippen molar-refractivity contribution in [2.24, 2.45) is 0 Å². The Morgan fingerprint density at radius 3 is 2.59 bits per heavy atom. The van der Waals surface area contributed by atoms with Gasteiger partial charge < -0.3 is 24.6 Å². The molecular formula is C20H21N5O4. The van der Waals surface area contributed by atoms with Crippen molar-refractivity contribution in [2.45, 2.75) is 18.9 Å². The van der Waals surface area contributed by atoms with Gasteiger partial charge in [-0.05, 0) is 36.8 Å². The highest BCUT2D eigenvalue weighted by atomic mass is 16.7. The topological polar surface area (TPSA) is 96.9 Å². The summed E-state index contributed by atoms with van der Waals surface area (Å²) in [6.07, 6.45) is 1.02. The van der Waals surface area contributed by atoms with Crippen LogP contribution < -0.4 is 19.7 Å². The van der Waals surface area contributed by atoms with Crippen LogP contribution in [0.15, 0.2) is 30.3 Å². The smallest absolute Gasteiger partial charge is 0.245 e. The van der Waals surface area contributed by atoms with Crippen molar-refractivity contribution in [3.63, 3.8) is 0 Å². The molecule has 5 rings (SSSR count). The van der Waals surface area contributed by atoms with E-state index in [0.29, 0.717) is 44.8 Å². The van der Waals surface area contributed by atoms with Gasteiger partial charge in [-0.2, -0.15) is 0 Å². The highest BCUT2D eigenvalue weighted by molar-refractivity contribution is 5.90. The van der Waals surface area contributed by atoms with Crippen LogP contribution in [0.2, 0.25) is 0 Å². The van der Waals surface area contributed by atoms with Gasteiger partial charge in [-0.15, -0.1) is 10.2 Å². The Hall–Kier alpha value is -3.36. The number of rotatable bonds is 3. The third-order valence-corrected chi connectivity index (χ3v) is 5.53. The number of anilines is 1. The van der Waals surface area contributed by atoms with Gasteiger partial charge >= 0.3 is 0 Å². The van der Waals surface area contributed by atoms with Crippen molar-refractivity contribution >= 4 is 17.6 Å². The quantitative estimate of drug-likeness (QED) is 0.821. The Labute approximate surface area is 167 Å². The number of ether oxygens (including phenoxy) is 2. The largest absolute Gasteiger partial charge is 0.454 e. The van der Waals surface area contributed by atoms with Crippen molar-refractivity contribution in [1.29, 1.82) is 0 Å². The lowest BCUT2D eigenvalue weighted by atomic mass is 10.1. The first-order chi connectivity index (χ1) is 14.2. The average Bonchev–Trinajstić information content (AvgIpc) is 3.42. The molecule has 2 aromatic rings. The average molecular weight is 395 g/mol. The minimum Gasteiger partial charge on any atom is -0.454 e. The second kappa shape index (κ2) is 7.23. The molecule has 0 aliphatic carbocycles. The van der Waals surface area contributed by atoms with Gasteiger partial charge in [-0.1, -0.05) is 0 Å². The summed E-state index contributed by atoms with van der Waals surface area (Å²) in [4.78, 5) is 27.8. The molecule has 9 nitrogen and oxygen atoms in total. The second-order valence-electron chi connectivity index (χ2n) is 7.32. The van der Waals surface area contributed by atoms with Gasteiger partial charge in [0.2, 0.25) is 18.6 Å².